The molecule has 1 N–H and O–H groups in total. The van der Waals surface area contributed by atoms with Crippen LogP contribution >= 0.6 is 0 Å². The van der Waals surface area contributed by atoms with Crippen molar-refractivity contribution in [1.82, 2.24) is 9.80 Å². The highest BCUT2D eigenvalue weighted by Crippen LogP contribution is 2.40. The number of likely N-dealkylation sites (tertiary alicyclic amines) is 1. The van der Waals surface area contributed by atoms with Crippen LogP contribution in [0.4, 0.5) is 10.5 Å². The van der Waals surface area contributed by atoms with Crippen molar-refractivity contribution in [3.8, 4) is 0 Å². The van der Waals surface area contributed by atoms with Crippen molar-refractivity contribution in [1.29, 1.82) is 0 Å². The molecule has 3 heterocycles. The van der Waals surface area contributed by atoms with Crippen molar-refractivity contribution in [2.45, 2.75) is 51.9 Å². The van der Waals surface area contributed by atoms with E-state index in [2.05, 4.69) is 10.2 Å². The van der Waals surface area contributed by atoms with Crippen LogP contribution in [0.2, 0.25) is 0 Å². The molecule has 5 nitrogen and oxygen atoms in total. The van der Waals surface area contributed by atoms with Gasteiger partial charge in [0, 0.05) is 31.4 Å². The number of carbonyl (C=O) groups excluding carboxylic acids is 1. The first-order valence-corrected chi connectivity index (χ1v) is 10.1. The van der Waals surface area contributed by atoms with Gasteiger partial charge in [-0.1, -0.05) is 18.6 Å². The van der Waals surface area contributed by atoms with E-state index >= 15 is 0 Å². The number of anilines is 1. The SMILES string of the molecule is CC(C)OCc1cccc(NC(=O)N2C[C@@H]3CN4CCCC[C@@H]4[C@H]3C2)c1. The van der Waals surface area contributed by atoms with E-state index in [0.717, 1.165) is 24.3 Å². The molecule has 0 spiro atoms. The maximum absolute atomic E-state index is 12.8. The molecule has 0 aliphatic carbocycles. The second-order valence-corrected chi connectivity index (χ2v) is 8.38. The Balaban J connectivity index is 1.34. The summed E-state index contributed by atoms with van der Waals surface area (Å²) in [6, 6.07) is 8.74. The Morgan fingerprint density at radius 3 is 3.00 bits per heavy atom. The van der Waals surface area contributed by atoms with Gasteiger partial charge >= 0.3 is 6.03 Å². The van der Waals surface area contributed by atoms with E-state index in [4.69, 9.17) is 4.74 Å². The molecule has 4 rings (SSSR count). The Labute approximate surface area is 156 Å². The second kappa shape index (κ2) is 7.57. The van der Waals surface area contributed by atoms with Gasteiger partial charge < -0.3 is 15.0 Å². The molecule has 3 aliphatic heterocycles. The summed E-state index contributed by atoms with van der Waals surface area (Å²) in [6.07, 6.45) is 4.21. The monoisotopic (exact) mass is 357 g/mol. The van der Waals surface area contributed by atoms with Gasteiger partial charge in [-0.25, -0.2) is 4.79 Å². The zero-order valence-corrected chi connectivity index (χ0v) is 16.0. The number of benzene rings is 1. The van der Waals surface area contributed by atoms with E-state index in [-0.39, 0.29) is 12.1 Å². The van der Waals surface area contributed by atoms with Gasteiger partial charge in [0.25, 0.3) is 0 Å². The molecule has 3 fully saturated rings. The second-order valence-electron chi connectivity index (χ2n) is 8.38. The maximum atomic E-state index is 12.8. The van der Waals surface area contributed by atoms with Crippen molar-refractivity contribution in [3.63, 3.8) is 0 Å². The predicted octanol–water partition coefficient (Wildman–Crippen LogP) is 3.56. The van der Waals surface area contributed by atoms with Crippen LogP contribution in [-0.4, -0.2) is 54.2 Å². The fourth-order valence-corrected chi connectivity index (χ4v) is 4.93. The number of hydrogen-bond donors (Lipinski definition) is 1. The molecule has 0 radical (unpaired) electrons. The van der Waals surface area contributed by atoms with E-state index in [1.807, 2.05) is 43.0 Å². The molecule has 5 heteroatoms. The molecule has 1 aromatic rings. The van der Waals surface area contributed by atoms with Crippen LogP contribution in [0.3, 0.4) is 0 Å². The van der Waals surface area contributed by atoms with Gasteiger partial charge in [-0.05, 0) is 62.8 Å². The third-order valence-corrected chi connectivity index (χ3v) is 6.17. The number of fused-ring (bicyclic) bond motifs is 3. The van der Waals surface area contributed by atoms with Crippen molar-refractivity contribution < 1.29 is 9.53 Å². The van der Waals surface area contributed by atoms with E-state index in [0.29, 0.717) is 24.5 Å². The van der Waals surface area contributed by atoms with Crippen LogP contribution < -0.4 is 5.32 Å². The standard InChI is InChI=1S/C21H31N3O2/c1-15(2)26-14-16-6-5-7-18(10-16)22-21(25)24-12-17-11-23-9-4-3-8-20(23)19(17)13-24/h5-7,10,15,17,19-20H,3-4,8-9,11-14H2,1-2H3,(H,22,25)/t17-,19-,20+/m0/s1. The molecule has 3 atom stereocenters. The fourth-order valence-electron chi connectivity index (χ4n) is 4.93. The topological polar surface area (TPSA) is 44.8 Å². The minimum Gasteiger partial charge on any atom is -0.374 e. The zero-order chi connectivity index (χ0) is 18.1. The summed E-state index contributed by atoms with van der Waals surface area (Å²) in [4.78, 5) is 17.5. The highest BCUT2D eigenvalue weighted by atomic mass is 16.5. The average Bonchev–Trinajstić information content (AvgIpc) is 3.18. The molecule has 142 valence electrons. The number of nitrogens with zero attached hydrogens (tertiary/aromatic N) is 2. The van der Waals surface area contributed by atoms with Gasteiger partial charge in [0.05, 0.1) is 12.7 Å². The summed E-state index contributed by atoms with van der Waals surface area (Å²) in [5.41, 5.74) is 1.95. The minimum absolute atomic E-state index is 0.0451. The fraction of sp³-hybridized carbons (Fsp3) is 0.667. The first-order chi connectivity index (χ1) is 12.6. The maximum Gasteiger partial charge on any atom is 0.321 e. The Morgan fingerprint density at radius 1 is 1.27 bits per heavy atom. The molecule has 0 saturated carbocycles. The van der Waals surface area contributed by atoms with E-state index in [9.17, 15) is 4.79 Å². The van der Waals surface area contributed by atoms with Gasteiger partial charge in [-0.15, -0.1) is 0 Å². The van der Waals surface area contributed by atoms with Gasteiger partial charge in [0.2, 0.25) is 0 Å². The predicted molar refractivity (Wildman–Crippen MR) is 103 cm³/mol. The van der Waals surface area contributed by atoms with E-state index in [1.54, 1.807) is 0 Å². The molecule has 2 amide bonds. The molecule has 26 heavy (non-hydrogen) atoms. The normalized spacial score (nSPS) is 28.3. The van der Waals surface area contributed by atoms with Crippen LogP contribution in [0, 0.1) is 11.8 Å². The lowest BCUT2D eigenvalue weighted by Gasteiger charge is -2.33. The van der Waals surface area contributed by atoms with Crippen molar-refractivity contribution in [3.05, 3.63) is 29.8 Å². The lowest BCUT2D eigenvalue weighted by atomic mass is 9.90. The van der Waals surface area contributed by atoms with Gasteiger partial charge in [0.15, 0.2) is 0 Å². The molecule has 0 bridgehead atoms. The van der Waals surface area contributed by atoms with Crippen LogP contribution in [-0.2, 0) is 11.3 Å². The Bertz CT molecular complexity index is 648. The smallest absolute Gasteiger partial charge is 0.321 e. The third-order valence-electron chi connectivity index (χ3n) is 6.17. The molecule has 3 aliphatic rings. The Hall–Kier alpha value is -1.59. The first-order valence-electron chi connectivity index (χ1n) is 10.1. The average molecular weight is 357 g/mol. The summed E-state index contributed by atoms with van der Waals surface area (Å²) < 4.78 is 5.66. The van der Waals surface area contributed by atoms with Crippen molar-refractivity contribution >= 4 is 11.7 Å². The number of piperidine rings is 1. The Morgan fingerprint density at radius 2 is 2.15 bits per heavy atom. The number of nitrogens with one attached hydrogen (secondary N) is 1. The quantitative estimate of drug-likeness (QED) is 0.896. The van der Waals surface area contributed by atoms with E-state index < -0.39 is 0 Å². The van der Waals surface area contributed by atoms with Crippen LogP contribution in [0.5, 0.6) is 0 Å². The van der Waals surface area contributed by atoms with Gasteiger partial charge in [0.1, 0.15) is 0 Å². The largest absolute Gasteiger partial charge is 0.374 e. The van der Waals surface area contributed by atoms with Gasteiger partial charge in [-0.3, -0.25) is 4.90 Å². The third kappa shape index (κ3) is 3.74. The molecule has 0 unspecified atom stereocenters. The molecule has 0 aromatic heterocycles. The van der Waals surface area contributed by atoms with Crippen LogP contribution in [0.25, 0.3) is 0 Å². The number of carbonyl (C=O) groups is 1. The summed E-state index contributed by atoms with van der Waals surface area (Å²) in [7, 11) is 0. The van der Waals surface area contributed by atoms with Crippen molar-refractivity contribution in [2.24, 2.45) is 11.8 Å². The number of hydrogen-bond acceptors (Lipinski definition) is 3. The lowest BCUT2D eigenvalue weighted by Crippen LogP contribution is -2.41. The zero-order valence-electron chi connectivity index (χ0n) is 16.0. The highest BCUT2D eigenvalue weighted by molar-refractivity contribution is 5.89. The highest BCUT2D eigenvalue weighted by Gasteiger charge is 2.48. The number of urea groups is 1. The van der Waals surface area contributed by atoms with Gasteiger partial charge in [-0.2, -0.15) is 0 Å². The first kappa shape index (κ1) is 17.8. The summed E-state index contributed by atoms with van der Waals surface area (Å²) in [6.45, 7) is 8.89. The minimum atomic E-state index is 0.0451. The van der Waals surface area contributed by atoms with Crippen molar-refractivity contribution in [2.75, 3.05) is 31.5 Å². The lowest BCUT2D eigenvalue weighted by molar-refractivity contribution is 0.0657. The summed E-state index contributed by atoms with van der Waals surface area (Å²) in [5, 5.41) is 3.09. The molecular formula is C21H31N3O2. The molecule has 3 saturated heterocycles. The number of rotatable bonds is 4. The number of ether oxygens (including phenoxy) is 1. The molecular weight excluding hydrogens is 326 g/mol. The van der Waals surface area contributed by atoms with Crippen LogP contribution in [0.15, 0.2) is 24.3 Å². The Kier molecular flexibility index (Phi) is 5.18. The van der Waals surface area contributed by atoms with E-state index in [1.165, 1.54) is 32.4 Å². The summed E-state index contributed by atoms with van der Waals surface area (Å²) in [5.74, 6) is 1.33. The summed E-state index contributed by atoms with van der Waals surface area (Å²) >= 11 is 0. The molecule has 1 aromatic carbocycles. The number of amides is 2. The van der Waals surface area contributed by atoms with Crippen LogP contribution in [0.1, 0.15) is 38.7 Å².